The lowest BCUT2D eigenvalue weighted by molar-refractivity contribution is -0.134. The molecule has 0 saturated carbocycles. The van der Waals surface area contributed by atoms with Gasteiger partial charge in [0.05, 0.1) is 6.26 Å². The van der Waals surface area contributed by atoms with Gasteiger partial charge in [-0.3, -0.25) is 4.79 Å². The van der Waals surface area contributed by atoms with E-state index in [1.54, 1.807) is 18.4 Å². The zero-order valence-electron chi connectivity index (χ0n) is 16.4. The van der Waals surface area contributed by atoms with Crippen molar-refractivity contribution in [3.63, 3.8) is 0 Å². The van der Waals surface area contributed by atoms with Crippen LogP contribution in [0.3, 0.4) is 0 Å². The number of ether oxygens (including phenoxy) is 1. The second kappa shape index (κ2) is 8.02. The number of rotatable bonds is 5. The molecular weight excluding hydrogens is 382 g/mol. The van der Waals surface area contributed by atoms with Gasteiger partial charge in [0, 0.05) is 19.0 Å². The Balaban J connectivity index is 1.15. The topological polar surface area (TPSA) is 81.6 Å². The van der Waals surface area contributed by atoms with Crippen LogP contribution < -0.4 is 4.74 Å². The molecule has 0 bridgehead atoms. The van der Waals surface area contributed by atoms with E-state index in [2.05, 4.69) is 16.3 Å². The van der Waals surface area contributed by atoms with Gasteiger partial charge in [-0.2, -0.15) is 0 Å². The first-order chi connectivity index (χ1) is 14.8. The fourth-order valence-corrected chi connectivity index (χ4v) is 3.77. The maximum absolute atomic E-state index is 12.6. The van der Waals surface area contributed by atoms with Crippen LogP contribution in [0.2, 0.25) is 0 Å². The lowest BCUT2D eigenvalue weighted by Gasteiger charge is -2.30. The summed E-state index contributed by atoms with van der Waals surface area (Å²) in [6, 6.07) is 17.5. The van der Waals surface area contributed by atoms with Crippen LogP contribution in [-0.4, -0.2) is 40.7 Å². The van der Waals surface area contributed by atoms with Crippen molar-refractivity contribution < 1.29 is 18.4 Å². The Morgan fingerprint density at radius 2 is 1.87 bits per heavy atom. The van der Waals surface area contributed by atoms with Crippen LogP contribution in [0.15, 0.2) is 69.7 Å². The van der Waals surface area contributed by atoms with Crippen LogP contribution in [0.1, 0.15) is 24.7 Å². The number of nitrogens with zero attached hydrogens (tertiary/aromatic N) is 3. The third-order valence-electron chi connectivity index (χ3n) is 5.45. The van der Waals surface area contributed by atoms with Gasteiger partial charge in [-0.1, -0.05) is 30.3 Å². The Bertz CT molecular complexity index is 1140. The molecule has 0 atom stereocenters. The van der Waals surface area contributed by atoms with Crippen LogP contribution in [0.5, 0.6) is 5.75 Å². The summed E-state index contributed by atoms with van der Waals surface area (Å²) >= 11 is 0. The number of likely N-dealkylation sites (tertiary alicyclic amines) is 1. The van der Waals surface area contributed by atoms with Gasteiger partial charge < -0.3 is 18.5 Å². The molecule has 0 N–H and O–H groups in total. The van der Waals surface area contributed by atoms with Crippen LogP contribution in [-0.2, 0) is 4.79 Å². The van der Waals surface area contributed by atoms with E-state index in [0.717, 1.165) is 23.6 Å². The highest BCUT2D eigenvalue weighted by molar-refractivity contribution is 5.84. The van der Waals surface area contributed by atoms with E-state index < -0.39 is 0 Å². The Labute approximate surface area is 173 Å². The maximum atomic E-state index is 12.6. The van der Waals surface area contributed by atoms with Gasteiger partial charge >= 0.3 is 0 Å². The summed E-state index contributed by atoms with van der Waals surface area (Å²) in [7, 11) is 0. The van der Waals surface area contributed by atoms with Crippen molar-refractivity contribution in [2.24, 2.45) is 0 Å². The third-order valence-corrected chi connectivity index (χ3v) is 5.45. The number of hydrogen-bond donors (Lipinski definition) is 0. The summed E-state index contributed by atoms with van der Waals surface area (Å²) < 4.78 is 16.8. The van der Waals surface area contributed by atoms with Crippen LogP contribution in [0.25, 0.3) is 22.4 Å². The second-order valence-electron chi connectivity index (χ2n) is 7.38. The van der Waals surface area contributed by atoms with E-state index in [1.807, 2.05) is 41.3 Å². The number of aromatic nitrogens is 2. The van der Waals surface area contributed by atoms with Crippen molar-refractivity contribution in [2.45, 2.75) is 18.8 Å². The Hall–Kier alpha value is -3.61. The fraction of sp³-hybridized carbons (Fsp3) is 0.261. The number of hydrogen-bond acceptors (Lipinski definition) is 6. The minimum atomic E-state index is -0.0107. The van der Waals surface area contributed by atoms with Crippen molar-refractivity contribution in [1.82, 2.24) is 15.1 Å². The van der Waals surface area contributed by atoms with E-state index in [0.29, 0.717) is 36.4 Å². The van der Waals surface area contributed by atoms with E-state index in [9.17, 15) is 4.79 Å². The first-order valence-electron chi connectivity index (χ1n) is 10.0. The van der Waals surface area contributed by atoms with E-state index in [1.165, 1.54) is 0 Å². The molecule has 0 aliphatic carbocycles. The van der Waals surface area contributed by atoms with Crippen molar-refractivity contribution in [3.05, 3.63) is 66.8 Å². The van der Waals surface area contributed by atoms with Crippen molar-refractivity contribution in [1.29, 1.82) is 0 Å². The zero-order chi connectivity index (χ0) is 20.3. The summed E-state index contributed by atoms with van der Waals surface area (Å²) in [6.07, 6.45) is 3.13. The van der Waals surface area contributed by atoms with E-state index in [4.69, 9.17) is 13.6 Å². The zero-order valence-corrected chi connectivity index (χ0v) is 16.4. The molecule has 30 heavy (non-hydrogen) atoms. The molecule has 3 heterocycles. The number of carbonyl (C=O) groups excluding carboxylic acids is 1. The molecule has 1 aliphatic heterocycles. The van der Waals surface area contributed by atoms with Crippen molar-refractivity contribution in [2.75, 3.05) is 19.7 Å². The highest BCUT2D eigenvalue weighted by atomic mass is 16.5. The highest BCUT2D eigenvalue weighted by Gasteiger charge is 2.28. The molecule has 0 spiro atoms. The summed E-state index contributed by atoms with van der Waals surface area (Å²) in [5.41, 5.74) is 0. The van der Waals surface area contributed by atoms with Crippen LogP contribution in [0, 0.1) is 0 Å². The third kappa shape index (κ3) is 3.78. The molecule has 2 aromatic heterocycles. The van der Waals surface area contributed by atoms with Gasteiger partial charge in [-0.05, 0) is 47.9 Å². The van der Waals surface area contributed by atoms with Crippen LogP contribution in [0.4, 0.5) is 0 Å². The summed E-state index contributed by atoms with van der Waals surface area (Å²) in [6.45, 7) is 1.32. The van der Waals surface area contributed by atoms with Crippen molar-refractivity contribution in [3.8, 4) is 17.4 Å². The molecule has 152 valence electrons. The molecule has 1 saturated heterocycles. The number of benzene rings is 2. The first-order valence-corrected chi connectivity index (χ1v) is 10.0. The average Bonchev–Trinajstić information content (AvgIpc) is 3.49. The maximum Gasteiger partial charge on any atom is 0.283 e. The largest absolute Gasteiger partial charge is 0.484 e. The number of carbonyl (C=O) groups is 1. The molecule has 1 fully saturated rings. The Morgan fingerprint density at radius 1 is 1.03 bits per heavy atom. The molecule has 1 amide bonds. The molecule has 0 unspecified atom stereocenters. The molecule has 1 aliphatic rings. The molecule has 4 aromatic rings. The molecule has 2 aromatic carbocycles. The van der Waals surface area contributed by atoms with Gasteiger partial charge in [-0.15, -0.1) is 10.2 Å². The van der Waals surface area contributed by atoms with Gasteiger partial charge in [0.2, 0.25) is 5.89 Å². The average molecular weight is 403 g/mol. The normalized spacial score (nSPS) is 14.9. The van der Waals surface area contributed by atoms with E-state index >= 15 is 0 Å². The Kier molecular flexibility index (Phi) is 4.93. The van der Waals surface area contributed by atoms with Gasteiger partial charge in [-0.25, -0.2) is 0 Å². The SMILES string of the molecule is O=C(COc1ccc2ccccc2c1)N1CCC(c2nnc(-c3ccco3)o2)CC1. The van der Waals surface area contributed by atoms with Gasteiger partial charge in [0.1, 0.15) is 5.75 Å². The quantitative estimate of drug-likeness (QED) is 0.495. The van der Waals surface area contributed by atoms with Gasteiger partial charge in [0.15, 0.2) is 12.4 Å². The highest BCUT2D eigenvalue weighted by Crippen LogP contribution is 2.29. The Morgan fingerprint density at radius 3 is 2.67 bits per heavy atom. The van der Waals surface area contributed by atoms with Crippen molar-refractivity contribution >= 4 is 16.7 Å². The number of piperidine rings is 1. The lowest BCUT2D eigenvalue weighted by Crippen LogP contribution is -2.40. The number of furan rings is 1. The smallest absolute Gasteiger partial charge is 0.283 e. The monoisotopic (exact) mass is 403 g/mol. The first kappa shape index (κ1) is 18.4. The molecular formula is C23H21N3O4. The summed E-state index contributed by atoms with van der Waals surface area (Å²) in [5.74, 6) is 2.38. The minimum absolute atomic E-state index is 0.0107. The molecule has 0 radical (unpaired) electrons. The summed E-state index contributed by atoms with van der Waals surface area (Å²) in [5, 5.41) is 10.5. The predicted molar refractivity (Wildman–Crippen MR) is 110 cm³/mol. The molecule has 5 rings (SSSR count). The predicted octanol–water partition coefficient (Wildman–Crippen LogP) is 4.27. The second-order valence-corrected chi connectivity index (χ2v) is 7.38. The standard InChI is InChI=1S/C23H21N3O4/c27-21(15-29-19-8-7-16-4-1-2-5-18(16)14-19)26-11-9-17(10-12-26)22-24-25-23(30-22)20-6-3-13-28-20/h1-8,13-14,17H,9-12,15H2. The van der Waals surface area contributed by atoms with Gasteiger partial charge in [0.25, 0.3) is 11.8 Å². The van der Waals surface area contributed by atoms with Crippen LogP contribution >= 0.6 is 0 Å². The number of amides is 1. The van der Waals surface area contributed by atoms with E-state index in [-0.39, 0.29) is 18.4 Å². The minimum Gasteiger partial charge on any atom is -0.484 e. The fourth-order valence-electron chi connectivity index (χ4n) is 3.77. The number of fused-ring (bicyclic) bond motifs is 1. The molecule has 7 nitrogen and oxygen atoms in total. The summed E-state index contributed by atoms with van der Waals surface area (Å²) in [4.78, 5) is 14.4. The molecule has 7 heteroatoms. The lowest BCUT2D eigenvalue weighted by atomic mass is 9.97.